The summed E-state index contributed by atoms with van der Waals surface area (Å²) in [7, 11) is -3.95. The molecule has 1 saturated carbocycles. The van der Waals surface area contributed by atoms with Gasteiger partial charge >= 0.3 is 6.36 Å². The molecule has 0 aromatic heterocycles. The van der Waals surface area contributed by atoms with Crippen molar-refractivity contribution < 1.29 is 31.1 Å². The van der Waals surface area contributed by atoms with Gasteiger partial charge in [-0.25, -0.2) is 13.1 Å². The molecule has 29 heavy (non-hydrogen) atoms. The van der Waals surface area contributed by atoms with Crippen molar-refractivity contribution in [3.8, 4) is 11.5 Å². The van der Waals surface area contributed by atoms with Crippen molar-refractivity contribution in [3.63, 3.8) is 0 Å². The van der Waals surface area contributed by atoms with Gasteiger partial charge in [0.2, 0.25) is 10.0 Å². The second-order valence-corrected chi connectivity index (χ2v) is 9.14. The highest BCUT2D eigenvalue weighted by atomic mass is 32.2. The minimum atomic E-state index is -4.83. The summed E-state index contributed by atoms with van der Waals surface area (Å²) < 4.78 is 75.5. The van der Waals surface area contributed by atoms with Crippen LogP contribution < -0.4 is 14.2 Å². The van der Waals surface area contributed by atoms with Crippen molar-refractivity contribution in [3.05, 3.63) is 54.1 Å². The zero-order valence-corrected chi connectivity index (χ0v) is 16.2. The number of halogens is 3. The quantitative estimate of drug-likeness (QED) is 0.768. The predicted octanol–water partition coefficient (Wildman–Crippen LogP) is 4.70. The van der Waals surface area contributed by atoms with E-state index in [0.717, 1.165) is 55.5 Å². The number of rotatable bonds is 4. The summed E-state index contributed by atoms with van der Waals surface area (Å²) >= 11 is 0. The van der Waals surface area contributed by atoms with Crippen LogP contribution in [0.1, 0.15) is 43.7 Å². The molecule has 156 valence electrons. The van der Waals surface area contributed by atoms with Crippen molar-refractivity contribution in [2.75, 3.05) is 0 Å². The maximum atomic E-state index is 12.9. The van der Waals surface area contributed by atoms with E-state index in [4.69, 9.17) is 4.74 Å². The summed E-state index contributed by atoms with van der Waals surface area (Å²) in [6, 6.07) is 11.0. The number of hydrogen-bond donors (Lipinski definition) is 1. The first-order valence-corrected chi connectivity index (χ1v) is 10.8. The minimum Gasteiger partial charge on any atom is -0.487 e. The van der Waals surface area contributed by atoms with Crippen molar-refractivity contribution in [2.45, 2.75) is 55.0 Å². The first kappa shape index (κ1) is 20.0. The van der Waals surface area contributed by atoms with Crippen molar-refractivity contribution in [2.24, 2.45) is 0 Å². The molecule has 0 bridgehead atoms. The molecule has 1 atom stereocenters. The Morgan fingerprint density at radius 2 is 1.69 bits per heavy atom. The summed E-state index contributed by atoms with van der Waals surface area (Å²) in [5.74, 6) is 0.194. The van der Waals surface area contributed by atoms with Crippen LogP contribution in [0.25, 0.3) is 0 Å². The Kier molecular flexibility index (Phi) is 4.98. The lowest BCUT2D eigenvalue weighted by atomic mass is 9.86. The third kappa shape index (κ3) is 4.35. The van der Waals surface area contributed by atoms with E-state index < -0.39 is 28.2 Å². The van der Waals surface area contributed by atoms with Gasteiger partial charge in [0.1, 0.15) is 17.1 Å². The number of benzene rings is 2. The van der Waals surface area contributed by atoms with Gasteiger partial charge in [-0.1, -0.05) is 18.2 Å². The summed E-state index contributed by atoms with van der Waals surface area (Å²) in [6.07, 6.45) is -0.532. The average Bonchev–Trinajstić information content (AvgIpc) is 3.08. The molecule has 5 nitrogen and oxygen atoms in total. The standard InChI is InChI=1S/C20H20F3NO4S/c21-20(22,23)27-14-7-9-15(10-8-14)29(25,26)24-17-13-19(11-3-4-12-19)28-18-6-2-1-5-16(17)18/h1-2,5-10,17,24H,3-4,11-13H2. The molecule has 2 aromatic rings. The molecular formula is C20H20F3NO4S. The van der Waals surface area contributed by atoms with Gasteiger partial charge in [-0.05, 0) is 56.0 Å². The summed E-state index contributed by atoms with van der Waals surface area (Å²) in [6.45, 7) is 0. The van der Waals surface area contributed by atoms with Gasteiger partial charge in [-0.15, -0.1) is 13.2 Å². The van der Waals surface area contributed by atoms with Gasteiger partial charge in [0.05, 0.1) is 10.9 Å². The van der Waals surface area contributed by atoms with Crippen LogP contribution in [-0.2, 0) is 10.0 Å². The van der Waals surface area contributed by atoms with E-state index in [9.17, 15) is 21.6 Å². The fourth-order valence-electron chi connectivity index (χ4n) is 4.12. The Labute approximate surface area is 166 Å². The molecule has 1 heterocycles. The van der Waals surface area contributed by atoms with Crippen LogP contribution in [0.15, 0.2) is 53.4 Å². The van der Waals surface area contributed by atoms with E-state index in [1.54, 1.807) is 0 Å². The zero-order valence-electron chi connectivity index (χ0n) is 15.4. The molecule has 1 N–H and O–H groups in total. The lowest BCUT2D eigenvalue weighted by Gasteiger charge is -2.40. The Balaban J connectivity index is 1.58. The molecule has 0 saturated heterocycles. The second kappa shape index (κ2) is 7.21. The molecule has 1 unspecified atom stereocenters. The van der Waals surface area contributed by atoms with Gasteiger partial charge in [0, 0.05) is 12.0 Å². The Morgan fingerprint density at radius 1 is 1.03 bits per heavy atom. The first-order chi connectivity index (χ1) is 13.7. The van der Waals surface area contributed by atoms with E-state index >= 15 is 0 Å². The number of nitrogens with one attached hydrogen (secondary N) is 1. The van der Waals surface area contributed by atoms with Crippen molar-refractivity contribution >= 4 is 10.0 Å². The minimum absolute atomic E-state index is 0.128. The van der Waals surface area contributed by atoms with Crippen LogP contribution in [0, 0.1) is 0 Å². The van der Waals surface area contributed by atoms with Crippen molar-refractivity contribution in [1.29, 1.82) is 0 Å². The highest BCUT2D eigenvalue weighted by molar-refractivity contribution is 7.89. The Morgan fingerprint density at radius 3 is 2.34 bits per heavy atom. The van der Waals surface area contributed by atoms with Crippen LogP contribution in [-0.4, -0.2) is 20.4 Å². The van der Waals surface area contributed by atoms with E-state index in [-0.39, 0.29) is 10.5 Å². The first-order valence-electron chi connectivity index (χ1n) is 9.32. The highest BCUT2D eigenvalue weighted by Gasteiger charge is 2.44. The van der Waals surface area contributed by atoms with Gasteiger partial charge in [0.25, 0.3) is 0 Å². The van der Waals surface area contributed by atoms with Crippen LogP contribution in [0.3, 0.4) is 0 Å². The van der Waals surface area contributed by atoms with Crippen LogP contribution in [0.5, 0.6) is 11.5 Å². The number of hydrogen-bond acceptors (Lipinski definition) is 4. The largest absolute Gasteiger partial charge is 0.573 e. The normalized spacial score (nSPS) is 20.9. The molecule has 1 aliphatic carbocycles. The molecule has 0 radical (unpaired) electrons. The average molecular weight is 427 g/mol. The molecule has 1 spiro atoms. The second-order valence-electron chi connectivity index (χ2n) is 7.43. The topological polar surface area (TPSA) is 64.6 Å². The maximum absolute atomic E-state index is 12.9. The summed E-state index contributed by atoms with van der Waals surface area (Å²) in [5.41, 5.74) is 0.372. The van der Waals surface area contributed by atoms with Crippen LogP contribution >= 0.6 is 0 Å². The summed E-state index contributed by atoms with van der Waals surface area (Å²) in [5, 5.41) is 0. The predicted molar refractivity (Wildman–Crippen MR) is 99.1 cm³/mol. The number of sulfonamides is 1. The number of fused-ring (bicyclic) bond motifs is 1. The lowest BCUT2D eigenvalue weighted by Crippen LogP contribution is -2.43. The number of alkyl halides is 3. The number of ether oxygens (including phenoxy) is 2. The van der Waals surface area contributed by atoms with Gasteiger partial charge in [-0.2, -0.15) is 0 Å². The third-order valence-electron chi connectivity index (χ3n) is 5.38. The molecule has 9 heteroatoms. The molecule has 0 amide bonds. The molecule has 4 rings (SSSR count). The molecular weight excluding hydrogens is 407 g/mol. The van der Waals surface area contributed by atoms with Gasteiger partial charge < -0.3 is 9.47 Å². The SMILES string of the molecule is O=S(=O)(NC1CC2(CCCC2)Oc2ccccc21)c1ccc(OC(F)(F)F)cc1. The van der Waals surface area contributed by atoms with Crippen LogP contribution in [0.4, 0.5) is 13.2 Å². The van der Waals surface area contributed by atoms with E-state index in [2.05, 4.69) is 9.46 Å². The third-order valence-corrected chi connectivity index (χ3v) is 6.86. The lowest BCUT2D eigenvalue weighted by molar-refractivity contribution is -0.274. The Hall–Kier alpha value is -2.26. The molecule has 1 fully saturated rings. The fraction of sp³-hybridized carbons (Fsp3) is 0.400. The van der Waals surface area contributed by atoms with Crippen molar-refractivity contribution in [1.82, 2.24) is 4.72 Å². The van der Waals surface area contributed by atoms with Gasteiger partial charge in [0.15, 0.2) is 0 Å². The van der Waals surface area contributed by atoms with E-state index in [1.165, 1.54) is 0 Å². The smallest absolute Gasteiger partial charge is 0.487 e. The highest BCUT2D eigenvalue weighted by Crippen LogP contribution is 2.47. The zero-order chi connectivity index (χ0) is 20.7. The van der Waals surface area contributed by atoms with Gasteiger partial charge in [-0.3, -0.25) is 0 Å². The van der Waals surface area contributed by atoms with E-state index in [0.29, 0.717) is 12.2 Å². The number of para-hydroxylation sites is 1. The molecule has 1 aliphatic heterocycles. The Bertz CT molecular complexity index is 984. The molecule has 2 aromatic carbocycles. The maximum Gasteiger partial charge on any atom is 0.573 e. The molecule has 2 aliphatic rings. The van der Waals surface area contributed by atoms with Crippen LogP contribution in [0.2, 0.25) is 0 Å². The van der Waals surface area contributed by atoms with E-state index in [1.807, 2.05) is 24.3 Å². The summed E-state index contributed by atoms with van der Waals surface area (Å²) in [4.78, 5) is -0.128. The monoisotopic (exact) mass is 427 g/mol. The fourth-order valence-corrected chi connectivity index (χ4v) is 5.34.